The van der Waals surface area contributed by atoms with Gasteiger partial charge in [-0.2, -0.15) is 0 Å². The van der Waals surface area contributed by atoms with Crippen molar-refractivity contribution in [2.75, 3.05) is 18.2 Å². The van der Waals surface area contributed by atoms with Crippen LogP contribution in [0.15, 0.2) is 41.3 Å². The fourth-order valence-corrected chi connectivity index (χ4v) is 4.38. The molecule has 2 aliphatic heterocycles. The van der Waals surface area contributed by atoms with Crippen molar-refractivity contribution in [3.05, 3.63) is 47.5 Å². The van der Waals surface area contributed by atoms with Crippen molar-refractivity contribution in [1.29, 1.82) is 0 Å². The van der Waals surface area contributed by atoms with Crippen molar-refractivity contribution in [2.45, 2.75) is 31.2 Å². The van der Waals surface area contributed by atoms with E-state index in [9.17, 15) is 13.2 Å². The lowest BCUT2D eigenvalue weighted by atomic mass is 10.2. The summed E-state index contributed by atoms with van der Waals surface area (Å²) in [6, 6.07) is 10.2. The first-order valence-corrected chi connectivity index (χ1v) is 10.3. The third kappa shape index (κ3) is 3.38. The fraction of sp³-hybridized carbons (Fsp3) is 0.316. The third-order valence-electron chi connectivity index (χ3n) is 4.76. The Kier molecular flexibility index (Phi) is 4.53. The summed E-state index contributed by atoms with van der Waals surface area (Å²) in [5.74, 6) is 1.32. The second-order valence-electron chi connectivity index (χ2n) is 6.45. The van der Waals surface area contributed by atoms with Crippen LogP contribution in [0.25, 0.3) is 0 Å². The molecule has 7 nitrogen and oxygen atoms in total. The molecule has 1 N–H and O–H groups in total. The molecule has 27 heavy (non-hydrogen) atoms. The maximum Gasteiger partial charge on any atom is 0.240 e. The van der Waals surface area contributed by atoms with Crippen molar-refractivity contribution < 1.29 is 22.7 Å². The van der Waals surface area contributed by atoms with Crippen LogP contribution in [0.4, 0.5) is 5.69 Å². The maximum absolute atomic E-state index is 12.7. The molecule has 1 amide bonds. The molecule has 2 aromatic rings. The van der Waals surface area contributed by atoms with Crippen LogP contribution in [0.5, 0.6) is 11.5 Å². The van der Waals surface area contributed by atoms with E-state index in [1.165, 1.54) is 0 Å². The average Bonchev–Trinajstić information content (AvgIpc) is 3.31. The smallest absolute Gasteiger partial charge is 0.240 e. The van der Waals surface area contributed by atoms with E-state index < -0.39 is 10.0 Å². The molecule has 0 aromatic heterocycles. The lowest BCUT2D eigenvalue weighted by molar-refractivity contribution is -0.118. The number of nitrogens with zero attached hydrogens (tertiary/aromatic N) is 1. The van der Waals surface area contributed by atoms with Crippen molar-refractivity contribution >= 4 is 21.6 Å². The van der Waals surface area contributed by atoms with Crippen LogP contribution < -0.4 is 19.1 Å². The van der Waals surface area contributed by atoms with Gasteiger partial charge in [0.05, 0.1) is 4.90 Å². The van der Waals surface area contributed by atoms with Crippen LogP contribution in [0, 0.1) is 0 Å². The van der Waals surface area contributed by atoms with Crippen LogP contribution in [0.2, 0.25) is 0 Å². The third-order valence-corrected chi connectivity index (χ3v) is 6.16. The molecule has 0 aliphatic carbocycles. The minimum absolute atomic E-state index is 0.0466. The zero-order valence-corrected chi connectivity index (χ0v) is 15.7. The lowest BCUT2D eigenvalue weighted by Gasteiger charge is -2.16. The number of anilines is 1. The van der Waals surface area contributed by atoms with Gasteiger partial charge >= 0.3 is 0 Å². The van der Waals surface area contributed by atoms with Crippen LogP contribution in [-0.2, 0) is 27.8 Å². The normalized spacial score (nSPS) is 15.1. The number of hydrogen-bond acceptors (Lipinski definition) is 5. The fourth-order valence-electron chi connectivity index (χ4n) is 3.31. The Morgan fingerprint density at radius 2 is 1.96 bits per heavy atom. The second kappa shape index (κ2) is 6.86. The maximum atomic E-state index is 12.7. The molecular weight excluding hydrogens is 368 g/mol. The number of amides is 1. The number of fused-ring (bicyclic) bond motifs is 2. The van der Waals surface area contributed by atoms with E-state index >= 15 is 0 Å². The van der Waals surface area contributed by atoms with E-state index in [2.05, 4.69) is 4.72 Å². The van der Waals surface area contributed by atoms with Gasteiger partial charge in [-0.1, -0.05) is 13.0 Å². The molecule has 8 heteroatoms. The van der Waals surface area contributed by atoms with Crippen molar-refractivity contribution in [3.63, 3.8) is 0 Å². The number of ether oxygens (including phenoxy) is 2. The molecule has 2 heterocycles. The highest BCUT2D eigenvalue weighted by Gasteiger charge is 2.25. The average molecular weight is 388 g/mol. The number of rotatable bonds is 5. The summed E-state index contributed by atoms with van der Waals surface area (Å²) < 4.78 is 38.5. The summed E-state index contributed by atoms with van der Waals surface area (Å²) in [6.07, 6.45) is 1.09. The van der Waals surface area contributed by atoms with Gasteiger partial charge in [-0.15, -0.1) is 0 Å². The van der Waals surface area contributed by atoms with E-state index in [1.54, 1.807) is 41.3 Å². The molecule has 0 bridgehead atoms. The van der Waals surface area contributed by atoms with E-state index in [0.29, 0.717) is 30.9 Å². The summed E-state index contributed by atoms with van der Waals surface area (Å²) in [5.41, 5.74) is 2.46. The van der Waals surface area contributed by atoms with Crippen LogP contribution in [0.1, 0.15) is 24.5 Å². The Hall–Kier alpha value is -2.58. The SMILES string of the molecule is CCC(=O)N1CCc2cc(S(=O)(=O)NCc3ccc4c(c3)OCO4)ccc21. The molecule has 0 saturated heterocycles. The highest BCUT2D eigenvalue weighted by molar-refractivity contribution is 7.89. The monoisotopic (exact) mass is 388 g/mol. The number of hydrogen-bond donors (Lipinski definition) is 1. The Bertz CT molecular complexity index is 1000. The van der Waals surface area contributed by atoms with Gasteiger partial charge in [-0.25, -0.2) is 13.1 Å². The first-order valence-electron chi connectivity index (χ1n) is 8.79. The topological polar surface area (TPSA) is 84.9 Å². The number of nitrogens with one attached hydrogen (secondary N) is 1. The first-order chi connectivity index (χ1) is 13.0. The molecule has 142 valence electrons. The number of sulfonamides is 1. The summed E-state index contributed by atoms with van der Waals surface area (Å²) in [5, 5.41) is 0. The molecule has 0 spiro atoms. The van der Waals surface area contributed by atoms with Crippen molar-refractivity contribution in [1.82, 2.24) is 4.72 Å². The number of carbonyl (C=O) groups is 1. The number of benzene rings is 2. The minimum Gasteiger partial charge on any atom is -0.454 e. The van der Waals surface area contributed by atoms with E-state index in [-0.39, 0.29) is 24.1 Å². The molecular formula is C19H20N2O5S. The second-order valence-corrected chi connectivity index (χ2v) is 8.22. The summed E-state index contributed by atoms with van der Waals surface area (Å²) in [6.45, 7) is 2.74. The summed E-state index contributed by atoms with van der Waals surface area (Å²) in [4.78, 5) is 13.9. The van der Waals surface area contributed by atoms with Crippen LogP contribution in [-0.4, -0.2) is 27.7 Å². The zero-order chi connectivity index (χ0) is 19.0. The van der Waals surface area contributed by atoms with E-state index in [1.807, 2.05) is 6.92 Å². The number of carbonyl (C=O) groups excluding carboxylic acids is 1. The summed E-state index contributed by atoms with van der Waals surface area (Å²) in [7, 11) is -3.66. The molecule has 4 rings (SSSR count). The summed E-state index contributed by atoms with van der Waals surface area (Å²) >= 11 is 0. The van der Waals surface area contributed by atoms with Gasteiger partial charge in [-0.05, 0) is 47.9 Å². The van der Waals surface area contributed by atoms with Crippen LogP contribution in [0.3, 0.4) is 0 Å². The molecule has 2 aromatic carbocycles. The largest absolute Gasteiger partial charge is 0.454 e. The Morgan fingerprint density at radius 1 is 1.15 bits per heavy atom. The molecule has 0 fully saturated rings. The minimum atomic E-state index is -3.66. The molecule has 0 saturated carbocycles. The Morgan fingerprint density at radius 3 is 2.78 bits per heavy atom. The predicted molar refractivity (Wildman–Crippen MR) is 99.4 cm³/mol. The molecule has 2 aliphatic rings. The highest BCUT2D eigenvalue weighted by atomic mass is 32.2. The Balaban J connectivity index is 1.50. The quantitative estimate of drug-likeness (QED) is 0.849. The first kappa shape index (κ1) is 17.8. The van der Waals surface area contributed by atoms with Gasteiger partial charge < -0.3 is 14.4 Å². The van der Waals surface area contributed by atoms with Gasteiger partial charge in [0.25, 0.3) is 0 Å². The molecule has 0 unspecified atom stereocenters. The Labute approximate surface area is 157 Å². The van der Waals surface area contributed by atoms with Crippen LogP contribution >= 0.6 is 0 Å². The van der Waals surface area contributed by atoms with Gasteiger partial charge in [0.1, 0.15) is 0 Å². The lowest BCUT2D eigenvalue weighted by Crippen LogP contribution is -2.27. The van der Waals surface area contributed by atoms with Gasteiger partial charge in [-0.3, -0.25) is 4.79 Å². The highest BCUT2D eigenvalue weighted by Crippen LogP contribution is 2.33. The van der Waals surface area contributed by atoms with Crippen molar-refractivity contribution in [3.8, 4) is 11.5 Å². The predicted octanol–water partition coefficient (Wildman–Crippen LogP) is 2.19. The zero-order valence-electron chi connectivity index (χ0n) is 14.9. The van der Waals surface area contributed by atoms with Gasteiger partial charge in [0.2, 0.25) is 22.7 Å². The van der Waals surface area contributed by atoms with E-state index in [0.717, 1.165) is 16.8 Å². The standard InChI is InChI=1S/C19H20N2O5S/c1-2-19(22)21-8-7-14-10-15(4-5-16(14)21)27(23,24)20-11-13-3-6-17-18(9-13)26-12-25-17/h3-6,9-10,20H,2,7-8,11-12H2,1H3. The van der Waals surface area contributed by atoms with Crippen molar-refractivity contribution in [2.24, 2.45) is 0 Å². The molecule has 0 radical (unpaired) electrons. The van der Waals surface area contributed by atoms with Gasteiger partial charge in [0, 0.05) is 25.2 Å². The van der Waals surface area contributed by atoms with E-state index in [4.69, 9.17) is 9.47 Å². The molecule has 0 atom stereocenters. The van der Waals surface area contributed by atoms with Gasteiger partial charge in [0.15, 0.2) is 11.5 Å².